The maximum atomic E-state index is 6.15. The number of rotatable bonds is 1. The molecule has 60 valence electrons. The van der Waals surface area contributed by atoms with Crippen molar-refractivity contribution >= 4 is 11.6 Å². The third kappa shape index (κ3) is 1.88. The Balaban J connectivity index is 2.38. The number of alkyl halides is 1. The predicted octanol–water partition coefficient (Wildman–Crippen LogP) is 3.44. The van der Waals surface area contributed by atoms with Gasteiger partial charge in [-0.15, -0.1) is 11.6 Å². The molecule has 0 saturated heterocycles. The van der Waals surface area contributed by atoms with Gasteiger partial charge < -0.3 is 0 Å². The lowest BCUT2D eigenvalue weighted by Crippen LogP contribution is -2.23. The van der Waals surface area contributed by atoms with E-state index in [1.165, 1.54) is 25.7 Å². The fraction of sp³-hybridized carbons (Fsp3) is 1.00. The van der Waals surface area contributed by atoms with Crippen LogP contribution in [0.1, 0.15) is 39.5 Å². The summed E-state index contributed by atoms with van der Waals surface area (Å²) in [4.78, 5) is 0. The molecular formula is C9H17Cl. The summed E-state index contributed by atoms with van der Waals surface area (Å²) in [6.45, 7) is 4.59. The molecule has 1 rings (SSSR count). The minimum absolute atomic E-state index is 0.473. The van der Waals surface area contributed by atoms with E-state index in [2.05, 4.69) is 13.8 Å². The van der Waals surface area contributed by atoms with Gasteiger partial charge >= 0.3 is 0 Å². The van der Waals surface area contributed by atoms with Gasteiger partial charge in [-0.05, 0) is 31.1 Å². The first kappa shape index (κ1) is 8.39. The Morgan fingerprint density at radius 1 is 1.40 bits per heavy atom. The average Bonchev–Trinajstić information content (AvgIpc) is 1.94. The smallest absolute Gasteiger partial charge is 0.0364 e. The van der Waals surface area contributed by atoms with Crippen molar-refractivity contribution < 1.29 is 0 Å². The monoisotopic (exact) mass is 160 g/mol. The Morgan fingerprint density at radius 3 is 2.60 bits per heavy atom. The minimum Gasteiger partial charge on any atom is -0.123 e. The minimum atomic E-state index is 0.473. The molecule has 0 aromatic carbocycles. The van der Waals surface area contributed by atoms with Crippen molar-refractivity contribution in [3.63, 3.8) is 0 Å². The third-order valence-electron chi connectivity index (χ3n) is 2.68. The maximum absolute atomic E-state index is 6.15. The molecule has 0 spiro atoms. The molecule has 3 unspecified atom stereocenters. The van der Waals surface area contributed by atoms with Crippen LogP contribution in [0, 0.1) is 11.8 Å². The van der Waals surface area contributed by atoms with E-state index in [0.29, 0.717) is 5.38 Å². The topological polar surface area (TPSA) is 0 Å². The van der Waals surface area contributed by atoms with E-state index in [4.69, 9.17) is 11.6 Å². The van der Waals surface area contributed by atoms with Crippen molar-refractivity contribution in [1.29, 1.82) is 0 Å². The Labute approximate surface area is 69.0 Å². The summed E-state index contributed by atoms with van der Waals surface area (Å²) in [6.07, 6.45) is 5.19. The van der Waals surface area contributed by atoms with Gasteiger partial charge in [0.1, 0.15) is 0 Å². The molecule has 0 amide bonds. The second-order valence-electron chi connectivity index (χ2n) is 3.60. The molecule has 0 aliphatic heterocycles. The van der Waals surface area contributed by atoms with E-state index >= 15 is 0 Å². The van der Waals surface area contributed by atoms with Crippen molar-refractivity contribution in [2.45, 2.75) is 44.9 Å². The van der Waals surface area contributed by atoms with E-state index in [-0.39, 0.29) is 0 Å². The van der Waals surface area contributed by atoms with Gasteiger partial charge in [-0.1, -0.05) is 20.3 Å². The van der Waals surface area contributed by atoms with Crippen molar-refractivity contribution in [3.05, 3.63) is 0 Å². The van der Waals surface area contributed by atoms with Gasteiger partial charge in [0, 0.05) is 5.38 Å². The molecule has 0 heterocycles. The fourth-order valence-electron chi connectivity index (χ4n) is 1.88. The van der Waals surface area contributed by atoms with Crippen molar-refractivity contribution in [1.82, 2.24) is 0 Å². The molecule has 0 N–H and O–H groups in total. The molecule has 0 aromatic heterocycles. The van der Waals surface area contributed by atoms with E-state index < -0.39 is 0 Å². The molecule has 10 heavy (non-hydrogen) atoms. The highest BCUT2D eigenvalue weighted by Crippen LogP contribution is 2.33. The lowest BCUT2D eigenvalue weighted by molar-refractivity contribution is 0.282. The number of hydrogen-bond acceptors (Lipinski definition) is 0. The lowest BCUT2D eigenvalue weighted by Gasteiger charge is -2.30. The van der Waals surface area contributed by atoms with Crippen LogP contribution in [0.3, 0.4) is 0 Å². The van der Waals surface area contributed by atoms with E-state index in [9.17, 15) is 0 Å². The highest BCUT2D eigenvalue weighted by atomic mass is 35.5. The van der Waals surface area contributed by atoms with E-state index in [0.717, 1.165) is 11.8 Å². The van der Waals surface area contributed by atoms with Gasteiger partial charge in [0.2, 0.25) is 0 Å². The molecule has 0 bridgehead atoms. The molecule has 0 radical (unpaired) electrons. The first-order valence-corrected chi connectivity index (χ1v) is 4.81. The molecular weight excluding hydrogens is 144 g/mol. The van der Waals surface area contributed by atoms with E-state index in [1.54, 1.807) is 0 Å². The van der Waals surface area contributed by atoms with Crippen LogP contribution < -0.4 is 0 Å². The second kappa shape index (κ2) is 3.61. The predicted molar refractivity (Wildman–Crippen MR) is 46.4 cm³/mol. The molecule has 1 heteroatoms. The molecule has 0 nitrogen and oxygen atoms in total. The van der Waals surface area contributed by atoms with Crippen LogP contribution in [0.2, 0.25) is 0 Å². The summed E-state index contributed by atoms with van der Waals surface area (Å²) in [7, 11) is 0. The number of hydrogen-bond donors (Lipinski definition) is 0. The first-order valence-electron chi connectivity index (χ1n) is 4.38. The Bertz CT molecular complexity index is 101. The van der Waals surface area contributed by atoms with Crippen LogP contribution in [0.15, 0.2) is 0 Å². The van der Waals surface area contributed by atoms with Crippen LogP contribution in [0.25, 0.3) is 0 Å². The molecule has 3 atom stereocenters. The molecule has 0 aromatic rings. The summed E-state index contributed by atoms with van der Waals surface area (Å²) >= 11 is 6.15. The summed E-state index contributed by atoms with van der Waals surface area (Å²) in [5.74, 6) is 1.71. The zero-order valence-corrected chi connectivity index (χ0v) is 7.69. The van der Waals surface area contributed by atoms with Gasteiger partial charge in [0.05, 0.1) is 0 Å². The quantitative estimate of drug-likeness (QED) is 0.516. The molecule has 1 saturated carbocycles. The molecule has 1 aliphatic rings. The van der Waals surface area contributed by atoms with Crippen LogP contribution in [0.5, 0.6) is 0 Å². The van der Waals surface area contributed by atoms with Gasteiger partial charge in [-0.25, -0.2) is 0 Å². The maximum Gasteiger partial charge on any atom is 0.0364 e. The SMILES string of the molecule is CCC1CC(C)CCC1Cl. The standard InChI is InChI=1S/C9H17Cl/c1-3-8-6-7(2)4-5-9(8)10/h7-9H,3-6H2,1-2H3. The Morgan fingerprint density at radius 2 is 2.10 bits per heavy atom. The van der Waals surface area contributed by atoms with Crippen LogP contribution >= 0.6 is 11.6 Å². The van der Waals surface area contributed by atoms with E-state index in [1.807, 2.05) is 0 Å². The zero-order chi connectivity index (χ0) is 7.56. The highest BCUT2D eigenvalue weighted by molar-refractivity contribution is 6.20. The molecule has 1 aliphatic carbocycles. The second-order valence-corrected chi connectivity index (χ2v) is 4.16. The van der Waals surface area contributed by atoms with Crippen LogP contribution in [-0.2, 0) is 0 Å². The first-order chi connectivity index (χ1) is 4.74. The third-order valence-corrected chi connectivity index (χ3v) is 3.25. The summed E-state index contributed by atoms with van der Waals surface area (Å²) < 4.78 is 0. The van der Waals surface area contributed by atoms with Crippen LogP contribution in [0.4, 0.5) is 0 Å². The van der Waals surface area contributed by atoms with Crippen LogP contribution in [-0.4, -0.2) is 5.38 Å². The zero-order valence-electron chi connectivity index (χ0n) is 6.94. The lowest BCUT2D eigenvalue weighted by atomic mass is 9.81. The fourth-order valence-corrected chi connectivity index (χ4v) is 2.29. The van der Waals surface area contributed by atoms with Gasteiger partial charge in [0.15, 0.2) is 0 Å². The van der Waals surface area contributed by atoms with Gasteiger partial charge in [-0.3, -0.25) is 0 Å². The van der Waals surface area contributed by atoms with Gasteiger partial charge in [-0.2, -0.15) is 0 Å². The normalized spacial score (nSPS) is 41.7. The molecule has 1 fully saturated rings. The highest BCUT2D eigenvalue weighted by Gasteiger charge is 2.25. The van der Waals surface area contributed by atoms with Crippen molar-refractivity contribution in [2.24, 2.45) is 11.8 Å². The van der Waals surface area contributed by atoms with Gasteiger partial charge in [0.25, 0.3) is 0 Å². The average molecular weight is 161 g/mol. The van der Waals surface area contributed by atoms with Crippen molar-refractivity contribution in [3.8, 4) is 0 Å². The van der Waals surface area contributed by atoms with Crippen molar-refractivity contribution in [2.75, 3.05) is 0 Å². The largest absolute Gasteiger partial charge is 0.123 e. The number of halogens is 1. The summed E-state index contributed by atoms with van der Waals surface area (Å²) in [5.41, 5.74) is 0. The summed E-state index contributed by atoms with van der Waals surface area (Å²) in [6, 6.07) is 0. The Kier molecular flexibility index (Phi) is 3.03. The Hall–Kier alpha value is 0.290. The summed E-state index contributed by atoms with van der Waals surface area (Å²) in [5, 5.41) is 0.473.